The Morgan fingerprint density at radius 3 is 0.929 bits per heavy atom. The maximum absolute atomic E-state index is 10.5. The van der Waals surface area contributed by atoms with Crippen LogP contribution < -0.4 is 0 Å². The van der Waals surface area contributed by atoms with Crippen LogP contribution in [0.4, 0.5) is 0 Å². The van der Waals surface area contributed by atoms with Crippen LogP contribution in [0.25, 0.3) is 0 Å². The average Bonchev–Trinajstić information content (AvgIpc) is 2.21. The van der Waals surface area contributed by atoms with Crippen molar-refractivity contribution >= 4 is 11.6 Å². The number of Topliss-reactive ketones (excluding diaryl/α,β-unsaturated/α-hetero) is 2. The summed E-state index contributed by atoms with van der Waals surface area (Å²) in [6.45, 7) is 0. The summed E-state index contributed by atoms with van der Waals surface area (Å²) in [6.07, 6.45) is 10.5. The van der Waals surface area contributed by atoms with Gasteiger partial charge in [-0.25, -0.2) is 0 Å². The molecule has 0 aromatic heterocycles. The normalized spacial score (nSPS) is 22.6. The minimum Gasteiger partial charge on any atom is -0.300 e. The largest absolute Gasteiger partial charge is 0.300 e. The molecule has 0 spiro atoms. The molecule has 0 aromatic carbocycles. The number of carbonyl (C=O) groups is 2. The second kappa shape index (κ2) is 6.74. The third kappa shape index (κ3) is 5.15. The number of ketones is 2. The van der Waals surface area contributed by atoms with Crippen LogP contribution in [0.3, 0.4) is 0 Å². The Bertz CT molecular complexity index is 158. The highest BCUT2D eigenvalue weighted by Crippen LogP contribution is 2.12. The maximum atomic E-state index is 10.5. The van der Waals surface area contributed by atoms with Crippen molar-refractivity contribution in [3.63, 3.8) is 0 Å². The van der Waals surface area contributed by atoms with Crippen molar-refractivity contribution in [2.75, 3.05) is 0 Å². The molecule has 2 rings (SSSR count). The summed E-state index contributed by atoms with van der Waals surface area (Å²) in [6, 6.07) is 0. The van der Waals surface area contributed by atoms with E-state index in [-0.39, 0.29) is 0 Å². The third-order valence-electron chi connectivity index (χ3n) is 2.82. The molecule has 0 saturated heterocycles. The van der Waals surface area contributed by atoms with Gasteiger partial charge in [0.05, 0.1) is 0 Å². The lowest BCUT2D eigenvalue weighted by Gasteiger charge is -2.05. The third-order valence-corrected chi connectivity index (χ3v) is 2.82. The highest BCUT2D eigenvalue weighted by Gasteiger charge is 2.06. The predicted octanol–water partition coefficient (Wildman–Crippen LogP) is 3.04. The Hall–Kier alpha value is -0.660. The van der Waals surface area contributed by atoms with Gasteiger partial charge in [-0.2, -0.15) is 0 Å². The number of rotatable bonds is 0. The van der Waals surface area contributed by atoms with E-state index in [4.69, 9.17) is 0 Å². The molecule has 2 fully saturated rings. The average molecular weight is 196 g/mol. The lowest BCUT2D eigenvalue weighted by molar-refractivity contribution is -0.121. The molecule has 0 N–H and O–H groups in total. The summed E-state index contributed by atoms with van der Waals surface area (Å²) in [7, 11) is 0. The van der Waals surface area contributed by atoms with Crippen molar-refractivity contribution in [3.05, 3.63) is 0 Å². The fourth-order valence-corrected chi connectivity index (χ4v) is 1.89. The van der Waals surface area contributed by atoms with E-state index in [0.717, 1.165) is 51.4 Å². The minimum absolute atomic E-state index is 0.464. The first-order chi connectivity index (χ1) is 6.79. The van der Waals surface area contributed by atoms with E-state index >= 15 is 0 Å². The summed E-state index contributed by atoms with van der Waals surface area (Å²) in [5, 5.41) is 0. The number of hydrogen-bond acceptors (Lipinski definition) is 2. The Kier molecular flexibility index (Phi) is 5.50. The molecule has 0 bridgehead atoms. The van der Waals surface area contributed by atoms with Gasteiger partial charge in [0.2, 0.25) is 0 Å². The molecule has 0 radical (unpaired) electrons. The molecular weight excluding hydrogens is 176 g/mol. The second-order valence-corrected chi connectivity index (χ2v) is 4.20. The van der Waals surface area contributed by atoms with E-state index in [2.05, 4.69) is 0 Å². The number of hydrogen-bond donors (Lipinski definition) is 0. The molecule has 14 heavy (non-hydrogen) atoms. The standard InChI is InChI=1S/2C6H10O/c2*7-6-4-2-1-3-5-6/h2*1-5H2. The first-order valence-electron chi connectivity index (χ1n) is 5.82. The van der Waals surface area contributed by atoms with Gasteiger partial charge in [0.1, 0.15) is 11.6 Å². The van der Waals surface area contributed by atoms with Crippen LogP contribution in [0, 0.1) is 0 Å². The zero-order chi connectivity index (χ0) is 10.2. The minimum atomic E-state index is 0.464. The van der Waals surface area contributed by atoms with Crippen LogP contribution in [0.1, 0.15) is 64.2 Å². The SMILES string of the molecule is O=C1CCCCC1.O=C1CCCCC1. The summed E-state index contributed by atoms with van der Waals surface area (Å²) < 4.78 is 0. The van der Waals surface area contributed by atoms with Gasteiger partial charge in [-0.3, -0.25) is 9.59 Å². The summed E-state index contributed by atoms with van der Waals surface area (Å²) in [5.74, 6) is 0.928. The van der Waals surface area contributed by atoms with Crippen LogP contribution >= 0.6 is 0 Å². The van der Waals surface area contributed by atoms with Gasteiger partial charge < -0.3 is 0 Å². The van der Waals surface area contributed by atoms with Gasteiger partial charge in [0.25, 0.3) is 0 Å². The molecule has 2 aliphatic carbocycles. The molecule has 0 amide bonds. The van der Waals surface area contributed by atoms with E-state index in [9.17, 15) is 9.59 Å². The fourth-order valence-electron chi connectivity index (χ4n) is 1.89. The molecule has 0 aromatic rings. The van der Waals surface area contributed by atoms with Crippen LogP contribution in [0.2, 0.25) is 0 Å². The molecule has 0 heterocycles. The van der Waals surface area contributed by atoms with Gasteiger partial charge in [-0.1, -0.05) is 12.8 Å². The molecule has 0 aliphatic heterocycles. The van der Waals surface area contributed by atoms with E-state index in [1.54, 1.807) is 0 Å². The lowest BCUT2D eigenvalue weighted by Crippen LogP contribution is -2.02. The number of carbonyl (C=O) groups excluding carboxylic acids is 2. The van der Waals surface area contributed by atoms with Crippen molar-refractivity contribution in [3.8, 4) is 0 Å². The Morgan fingerprint density at radius 2 is 0.786 bits per heavy atom. The molecule has 80 valence electrons. The smallest absolute Gasteiger partial charge is 0.132 e. The zero-order valence-corrected chi connectivity index (χ0v) is 8.89. The van der Waals surface area contributed by atoms with Crippen LogP contribution in [-0.2, 0) is 9.59 Å². The van der Waals surface area contributed by atoms with E-state index in [1.165, 1.54) is 12.8 Å². The van der Waals surface area contributed by atoms with Crippen molar-refractivity contribution in [1.29, 1.82) is 0 Å². The van der Waals surface area contributed by atoms with E-state index < -0.39 is 0 Å². The van der Waals surface area contributed by atoms with Crippen molar-refractivity contribution < 1.29 is 9.59 Å². The second-order valence-electron chi connectivity index (χ2n) is 4.20. The van der Waals surface area contributed by atoms with Crippen LogP contribution in [0.15, 0.2) is 0 Å². The van der Waals surface area contributed by atoms with Crippen LogP contribution in [-0.4, -0.2) is 11.6 Å². The lowest BCUT2D eigenvalue weighted by atomic mass is 10.00. The van der Waals surface area contributed by atoms with Crippen molar-refractivity contribution in [1.82, 2.24) is 0 Å². The van der Waals surface area contributed by atoms with Crippen LogP contribution in [0.5, 0.6) is 0 Å². The molecular formula is C12H20O2. The summed E-state index contributed by atoms with van der Waals surface area (Å²) in [4.78, 5) is 20.9. The van der Waals surface area contributed by atoms with Gasteiger partial charge in [0.15, 0.2) is 0 Å². The molecule has 2 aliphatic rings. The summed E-state index contributed by atoms with van der Waals surface area (Å²) >= 11 is 0. The highest BCUT2D eigenvalue weighted by atomic mass is 16.1. The first-order valence-corrected chi connectivity index (χ1v) is 5.82. The molecule has 2 heteroatoms. The maximum Gasteiger partial charge on any atom is 0.132 e. The molecule has 0 unspecified atom stereocenters. The van der Waals surface area contributed by atoms with E-state index in [0.29, 0.717) is 11.6 Å². The Morgan fingerprint density at radius 1 is 0.500 bits per heavy atom. The quantitative estimate of drug-likeness (QED) is 0.596. The Balaban J connectivity index is 0.000000140. The summed E-state index contributed by atoms with van der Waals surface area (Å²) in [5.41, 5.74) is 0. The van der Waals surface area contributed by atoms with Crippen molar-refractivity contribution in [2.45, 2.75) is 64.2 Å². The fraction of sp³-hybridized carbons (Fsp3) is 0.833. The van der Waals surface area contributed by atoms with Gasteiger partial charge in [-0.15, -0.1) is 0 Å². The monoisotopic (exact) mass is 196 g/mol. The molecule has 2 nitrogen and oxygen atoms in total. The van der Waals surface area contributed by atoms with E-state index in [1.807, 2.05) is 0 Å². The predicted molar refractivity (Wildman–Crippen MR) is 56.2 cm³/mol. The Labute approximate surface area is 86.1 Å². The first kappa shape index (κ1) is 11.4. The van der Waals surface area contributed by atoms with Gasteiger partial charge in [-0.05, 0) is 25.7 Å². The van der Waals surface area contributed by atoms with Crippen molar-refractivity contribution in [2.24, 2.45) is 0 Å². The van der Waals surface area contributed by atoms with Gasteiger partial charge >= 0.3 is 0 Å². The highest BCUT2D eigenvalue weighted by molar-refractivity contribution is 5.79. The van der Waals surface area contributed by atoms with Gasteiger partial charge in [0, 0.05) is 25.7 Å². The topological polar surface area (TPSA) is 34.1 Å². The molecule has 0 atom stereocenters. The zero-order valence-electron chi connectivity index (χ0n) is 8.89. The molecule has 2 saturated carbocycles.